The number of aromatic nitrogens is 2. The molecule has 2 N–H and O–H groups in total. The first-order chi connectivity index (χ1) is 8.71. The van der Waals surface area contributed by atoms with Crippen LogP contribution in [0.15, 0.2) is 0 Å². The molecule has 0 unspecified atom stereocenters. The molecule has 1 amide bonds. The van der Waals surface area contributed by atoms with Crippen molar-refractivity contribution < 1.29 is 39.9 Å². The molecule has 0 atom stereocenters. The summed E-state index contributed by atoms with van der Waals surface area (Å²) in [6, 6.07) is 0. The number of primary amides is 1. The summed E-state index contributed by atoms with van der Waals surface area (Å²) in [6.45, 7) is 0. The van der Waals surface area contributed by atoms with Gasteiger partial charge in [-0.05, 0) is 0 Å². The maximum absolute atomic E-state index is 13.1. The van der Waals surface area contributed by atoms with Gasteiger partial charge in [-0.25, -0.2) is 0 Å². The molecule has 0 saturated carbocycles. The van der Waals surface area contributed by atoms with Gasteiger partial charge < -0.3 is 5.73 Å². The number of carbonyl (C=O) groups excluding carboxylic acids is 1. The molecule has 0 bridgehead atoms. The first-order valence-corrected chi connectivity index (χ1v) is 4.60. The molecular weight excluding hydrogens is 306 g/mol. The SMILES string of the molecule is Cn1nc(C(F)(F)C(F)(F)F)c(C(F)(F)F)c1C(N)=O. The average Bonchev–Trinajstić information content (AvgIpc) is 2.53. The number of alkyl halides is 8. The maximum Gasteiger partial charge on any atom is 0.459 e. The van der Waals surface area contributed by atoms with Crippen LogP contribution in [0.2, 0.25) is 0 Å². The van der Waals surface area contributed by atoms with Crippen LogP contribution in [0.4, 0.5) is 35.1 Å². The van der Waals surface area contributed by atoms with Crippen molar-refractivity contribution in [1.29, 1.82) is 0 Å². The van der Waals surface area contributed by atoms with E-state index in [1.807, 2.05) is 0 Å². The normalized spacial score (nSPS) is 13.7. The van der Waals surface area contributed by atoms with Gasteiger partial charge in [0, 0.05) is 7.05 Å². The average molecular weight is 311 g/mol. The number of hydrogen-bond donors (Lipinski definition) is 1. The predicted octanol–water partition coefficient (Wildman–Crippen LogP) is 2.19. The minimum absolute atomic E-state index is 0.0693. The third kappa shape index (κ3) is 2.41. The summed E-state index contributed by atoms with van der Waals surface area (Å²) in [5.74, 6) is -7.72. The Hall–Kier alpha value is -1.88. The fraction of sp³-hybridized carbons (Fsp3) is 0.500. The van der Waals surface area contributed by atoms with Crippen LogP contribution >= 0.6 is 0 Å². The van der Waals surface area contributed by atoms with Crippen molar-refractivity contribution in [2.45, 2.75) is 18.3 Å². The summed E-state index contributed by atoms with van der Waals surface area (Å²) >= 11 is 0. The lowest BCUT2D eigenvalue weighted by Gasteiger charge is -2.19. The molecule has 0 aliphatic rings. The van der Waals surface area contributed by atoms with Crippen molar-refractivity contribution in [3.05, 3.63) is 17.0 Å². The Kier molecular flexibility index (Phi) is 3.49. The summed E-state index contributed by atoms with van der Waals surface area (Å²) in [6.07, 6.45) is -12.0. The van der Waals surface area contributed by atoms with Crippen LogP contribution in [-0.2, 0) is 19.1 Å². The molecule has 0 aromatic carbocycles. The standard InChI is InChI=1S/C8H5F8N3O/c1-19-3(5(17)20)2(7(11,12)13)4(18-19)6(9,10)8(14,15)16/h1H3,(H2,17,20). The molecule has 12 heteroatoms. The highest BCUT2D eigenvalue weighted by molar-refractivity contribution is 5.93. The first-order valence-electron chi connectivity index (χ1n) is 4.60. The topological polar surface area (TPSA) is 60.9 Å². The van der Waals surface area contributed by atoms with E-state index in [1.165, 1.54) is 0 Å². The van der Waals surface area contributed by atoms with E-state index in [2.05, 4.69) is 10.8 Å². The van der Waals surface area contributed by atoms with Crippen LogP contribution in [0.1, 0.15) is 21.7 Å². The molecule has 1 heterocycles. The Morgan fingerprint density at radius 3 is 1.85 bits per heavy atom. The number of nitrogens with two attached hydrogens (primary N) is 1. The van der Waals surface area contributed by atoms with Crippen molar-refractivity contribution in [2.75, 3.05) is 0 Å². The molecule has 1 aromatic rings. The third-order valence-corrected chi connectivity index (χ3v) is 2.22. The van der Waals surface area contributed by atoms with E-state index in [-0.39, 0.29) is 4.68 Å². The molecule has 4 nitrogen and oxygen atoms in total. The molecule has 0 aliphatic heterocycles. The van der Waals surface area contributed by atoms with Gasteiger partial charge in [-0.2, -0.15) is 40.2 Å². The van der Waals surface area contributed by atoms with Crippen LogP contribution in [0.3, 0.4) is 0 Å². The molecule has 0 aliphatic carbocycles. The van der Waals surface area contributed by atoms with Gasteiger partial charge in [0.2, 0.25) is 0 Å². The van der Waals surface area contributed by atoms with Gasteiger partial charge in [-0.15, -0.1) is 0 Å². The van der Waals surface area contributed by atoms with Crippen molar-refractivity contribution in [3.63, 3.8) is 0 Å². The van der Waals surface area contributed by atoms with E-state index in [1.54, 1.807) is 0 Å². The fourth-order valence-corrected chi connectivity index (χ4v) is 1.43. The second-order valence-corrected chi connectivity index (χ2v) is 3.63. The lowest BCUT2D eigenvalue weighted by molar-refractivity contribution is -0.292. The van der Waals surface area contributed by atoms with E-state index >= 15 is 0 Å². The lowest BCUT2D eigenvalue weighted by Crippen LogP contribution is -2.36. The molecule has 0 saturated heterocycles. The molecule has 0 fully saturated rings. The van der Waals surface area contributed by atoms with Crippen LogP contribution in [-0.4, -0.2) is 21.9 Å². The molecule has 114 valence electrons. The Morgan fingerprint density at radius 1 is 1.10 bits per heavy atom. The first kappa shape index (κ1) is 16.2. The van der Waals surface area contributed by atoms with Crippen molar-refractivity contribution in [3.8, 4) is 0 Å². The second kappa shape index (κ2) is 4.31. The second-order valence-electron chi connectivity index (χ2n) is 3.63. The number of aryl methyl sites for hydroxylation is 1. The Balaban J connectivity index is 3.75. The van der Waals surface area contributed by atoms with Gasteiger partial charge >= 0.3 is 18.3 Å². The van der Waals surface area contributed by atoms with Crippen molar-refractivity contribution in [2.24, 2.45) is 12.8 Å². The molecule has 1 aromatic heterocycles. The Morgan fingerprint density at radius 2 is 1.55 bits per heavy atom. The fourth-order valence-electron chi connectivity index (χ4n) is 1.43. The number of nitrogens with zero attached hydrogens (tertiary/aromatic N) is 2. The summed E-state index contributed by atoms with van der Waals surface area (Å²) in [4.78, 5) is 10.8. The van der Waals surface area contributed by atoms with E-state index in [0.29, 0.717) is 7.05 Å². The largest absolute Gasteiger partial charge is 0.459 e. The summed E-state index contributed by atoms with van der Waals surface area (Å²) in [7, 11) is 0.589. The zero-order valence-corrected chi connectivity index (χ0v) is 9.40. The third-order valence-electron chi connectivity index (χ3n) is 2.22. The molecular formula is C8H5F8N3O. The van der Waals surface area contributed by atoms with Gasteiger partial charge in [0.1, 0.15) is 11.3 Å². The van der Waals surface area contributed by atoms with E-state index < -0.39 is 41.1 Å². The van der Waals surface area contributed by atoms with Gasteiger partial charge in [-0.3, -0.25) is 9.48 Å². The highest BCUT2D eigenvalue weighted by Gasteiger charge is 2.64. The summed E-state index contributed by atoms with van der Waals surface area (Å²) in [5.41, 5.74) is -2.16. The Labute approximate surface area is 105 Å². The van der Waals surface area contributed by atoms with Gasteiger partial charge in [0.15, 0.2) is 5.69 Å². The molecule has 0 radical (unpaired) electrons. The van der Waals surface area contributed by atoms with Gasteiger partial charge in [0.05, 0.1) is 0 Å². The van der Waals surface area contributed by atoms with Crippen LogP contribution < -0.4 is 5.73 Å². The Bertz CT molecular complexity index is 541. The molecule has 0 spiro atoms. The van der Waals surface area contributed by atoms with Gasteiger partial charge in [-0.1, -0.05) is 0 Å². The number of rotatable bonds is 2. The zero-order chi connectivity index (χ0) is 16.1. The number of amides is 1. The quantitative estimate of drug-likeness (QED) is 0.851. The van der Waals surface area contributed by atoms with E-state index in [4.69, 9.17) is 0 Å². The lowest BCUT2D eigenvalue weighted by atomic mass is 10.1. The minimum Gasteiger partial charge on any atom is -0.364 e. The maximum atomic E-state index is 13.1. The highest BCUT2D eigenvalue weighted by atomic mass is 19.4. The van der Waals surface area contributed by atoms with Gasteiger partial charge in [0.25, 0.3) is 5.91 Å². The van der Waals surface area contributed by atoms with Crippen LogP contribution in [0, 0.1) is 0 Å². The molecule has 1 rings (SSSR count). The molecule has 20 heavy (non-hydrogen) atoms. The number of hydrogen-bond acceptors (Lipinski definition) is 2. The van der Waals surface area contributed by atoms with Crippen molar-refractivity contribution >= 4 is 5.91 Å². The zero-order valence-electron chi connectivity index (χ0n) is 9.40. The number of halogens is 8. The number of carbonyl (C=O) groups is 1. The smallest absolute Gasteiger partial charge is 0.364 e. The van der Waals surface area contributed by atoms with Crippen molar-refractivity contribution in [1.82, 2.24) is 9.78 Å². The van der Waals surface area contributed by atoms with Crippen LogP contribution in [0.5, 0.6) is 0 Å². The van der Waals surface area contributed by atoms with Crippen LogP contribution in [0.25, 0.3) is 0 Å². The highest BCUT2D eigenvalue weighted by Crippen LogP contribution is 2.48. The summed E-state index contributed by atoms with van der Waals surface area (Å²) < 4.78 is 100. The van der Waals surface area contributed by atoms with E-state index in [0.717, 1.165) is 0 Å². The predicted molar refractivity (Wildman–Crippen MR) is 46.7 cm³/mol. The van der Waals surface area contributed by atoms with E-state index in [9.17, 15) is 39.9 Å². The minimum atomic E-state index is -6.31. The summed E-state index contributed by atoms with van der Waals surface area (Å²) in [5, 5.41) is 2.46. The monoisotopic (exact) mass is 311 g/mol.